The van der Waals surface area contributed by atoms with Crippen molar-refractivity contribution < 1.29 is 19.4 Å². The molecule has 1 heterocycles. The Hall–Kier alpha value is -4.16. The van der Waals surface area contributed by atoms with Crippen LogP contribution in [0.5, 0.6) is 0 Å². The summed E-state index contributed by atoms with van der Waals surface area (Å²) in [7, 11) is 0. The van der Waals surface area contributed by atoms with Crippen molar-refractivity contribution in [2.45, 2.75) is 31.9 Å². The van der Waals surface area contributed by atoms with Crippen molar-refractivity contribution in [2.75, 3.05) is 6.61 Å². The first-order valence-corrected chi connectivity index (χ1v) is 12.0. The van der Waals surface area contributed by atoms with E-state index in [4.69, 9.17) is 10.5 Å². The maximum absolute atomic E-state index is 12.9. The Labute approximate surface area is 209 Å². The molecule has 5 rings (SSSR count). The van der Waals surface area contributed by atoms with Crippen LogP contribution in [-0.4, -0.2) is 28.2 Å². The molecule has 6 heteroatoms. The van der Waals surface area contributed by atoms with E-state index in [1.807, 2.05) is 67.6 Å². The molecule has 0 saturated heterocycles. The van der Waals surface area contributed by atoms with Gasteiger partial charge in [0, 0.05) is 35.1 Å². The molecule has 0 bridgehead atoms. The van der Waals surface area contributed by atoms with Crippen LogP contribution in [0.15, 0.2) is 78.9 Å². The summed E-state index contributed by atoms with van der Waals surface area (Å²) in [4.78, 5) is 24.3. The molecule has 36 heavy (non-hydrogen) atoms. The van der Waals surface area contributed by atoms with Gasteiger partial charge < -0.3 is 20.1 Å². The van der Waals surface area contributed by atoms with E-state index < -0.39 is 24.1 Å². The molecule has 182 valence electrons. The molecule has 3 aromatic carbocycles. The maximum Gasteiger partial charge on any atom is 0.329 e. The number of fused-ring (bicyclic) bond motifs is 3. The highest BCUT2D eigenvalue weighted by Crippen LogP contribution is 2.44. The number of ether oxygens (including phenoxy) is 1. The standard InChI is InChI=1S/C30H28N2O4/c1-20-9-7-14-24-27(20)28-25(15-8-16-30(28,29(31)35)36-19-26(33)34)32(24)18-23-13-6-5-12-22(23)17-21-10-3-2-4-11-21/h2-15H,16-19H2,1H3,(H2,31,35)(H,33,34). The van der Waals surface area contributed by atoms with Crippen molar-refractivity contribution in [1.82, 2.24) is 4.57 Å². The fourth-order valence-corrected chi connectivity index (χ4v) is 5.27. The topological polar surface area (TPSA) is 94.6 Å². The smallest absolute Gasteiger partial charge is 0.329 e. The van der Waals surface area contributed by atoms with Crippen molar-refractivity contribution >= 4 is 28.9 Å². The average molecular weight is 481 g/mol. The SMILES string of the molecule is Cc1cccc2c1c1c(n2Cc2ccccc2Cc2ccccc2)C=CCC1(OCC(=O)O)C(N)=O. The van der Waals surface area contributed by atoms with E-state index >= 15 is 0 Å². The van der Waals surface area contributed by atoms with Crippen molar-refractivity contribution in [3.8, 4) is 0 Å². The predicted octanol–water partition coefficient (Wildman–Crippen LogP) is 4.79. The second-order valence-corrected chi connectivity index (χ2v) is 9.23. The van der Waals surface area contributed by atoms with Gasteiger partial charge in [0.15, 0.2) is 5.60 Å². The quantitative estimate of drug-likeness (QED) is 0.379. The van der Waals surface area contributed by atoms with Gasteiger partial charge in [0.05, 0.1) is 0 Å². The van der Waals surface area contributed by atoms with Gasteiger partial charge >= 0.3 is 5.97 Å². The van der Waals surface area contributed by atoms with E-state index in [-0.39, 0.29) is 6.42 Å². The lowest BCUT2D eigenvalue weighted by atomic mass is 9.82. The molecule has 0 fully saturated rings. The lowest BCUT2D eigenvalue weighted by Crippen LogP contribution is -2.45. The number of primary amides is 1. The highest BCUT2D eigenvalue weighted by Gasteiger charge is 2.45. The molecule has 0 spiro atoms. The Morgan fingerprint density at radius 3 is 2.44 bits per heavy atom. The summed E-state index contributed by atoms with van der Waals surface area (Å²) < 4.78 is 7.99. The summed E-state index contributed by atoms with van der Waals surface area (Å²) in [6, 6.07) is 24.7. The van der Waals surface area contributed by atoms with E-state index in [2.05, 4.69) is 28.8 Å². The lowest BCUT2D eigenvalue weighted by Gasteiger charge is -2.32. The van der Waals surface area contributed by atoms with E-state index in [9.17, 15) is 14.7 Å². The Balaban J connectivity index is 1.68. The van der Waals surface area contributed by atoms with E-state index in [1.54, 1.807) is 0 Å². The van der Waals surface area contributed by atoms with Crippen molar-refractivity contribution in [1.29, 1.82) is 0 Å². The third-order valence-corrected chi connectivity index (χ3v) is 6.95. The fourth-order valence-electron chi connectivity index (χ4n) is 5.27. The number of benzene rings is 3. The molecule has 6 nitrogen and oxygen atoms in total. The van der Waals surface area contributed by atoms with Crippen LogP contribution in [0, 0.1) is 6.92 Å². The van der Waals surface area contributed by atoms with Crippen LogP contribution < -0.4 is 5.73 Å². The molecular weight excluding hydrogens is 452 g/mol. The third kappa shape index (κ3) is 4.10. The zero-order valence-corrected chi connectivity index (χ0v) is 20.1. The number of nitrogens with two attached hydrogens (primary N) is 1. The number of aliphatic carboxylic acids is 1. The second-order valence-electron chi connectivity index (χ2n) is 9.23. The van der Waals surface area contributed by atoms with Crippen LogP contribution in [0.2, 0.25) is 0 Å². The Morgan fingerprint density at radius 1 is 1.00 bits per heavy atom. The first kappa shape index (κ1) is 23.6. The highest BCUT2D eigenvalue weighted by atomic mass is 16.5. The van der Waals surface area contributed by atoms with Gasteiger partial charge in [-0.2, -0.15) is 0 Å². The summed E-state index contributed by atoms with van der Waals surface area (Å²) in [5, 5.41) is 10.2. The summed E-state index contributed by atoms with van der Waals surface area (Å²) in [5.41, 5.74) is 11.4. The van der Waals surface area contributed by atoms with Crippen molar-refractivity contribution in [3.05, 3.63) is 112 Å². The number of hydrogen-bond donors (Lipinski definition) is 2. The zero-order valence-electron chi connectivity index (χ0n) is 20.1. The molecule has 1 amide bonds. The number of carboxylic acid groups (broad SMARTS) is 1. The molecular formula is C30H28N2O4. The number of nitrogens with zero attached hydrogens (tertiary/aromatic N) is 1. The third-order valence-electron chi connectivity index (χ3n) is 6.95. The molecule has 0 saturated carbocycles. The largest absolute Gasteiger partial charge is 0.480 e. The molecule has 0 radical (unpaired) electrons. The first-order chi connectivity index (χ1) is 17.4. The molecule has 1 atom stereocenters. The van der Waals surface area contributed by atoms with Crippen LogP contribution in [0.3, 0.4) is 0 Å². The van der Waals surface area contributed by atoms with Crippen LogP contribution >= 0.6 is 0 Å². The van der Waals surface area contributed by atoms with Gasteiger partial charge in [-0.1, -0.05) is 72.8 Å². The summed E-state index contributed by atoms with van der Waals surface area (Å²) >= 11 is 0. The number of aromatic nitrogens is 1. The number of carboxylic acids is 1. The van der Waals surface area contributed by atoms with Gasteiger partial charge in [-0.3, -0.25) is 4.79 Å². The van der Waals surface area contributed by atoms with Crippen LogP contribution in [0.4, 0.5) is 0 Å². The minimum atomic E-state index is -1.55. The maximum atomic E-state index is 12.9. The number of rotatable bonds is 8. The van der Waals surface area contributed by atoms with Gasteiger partial charge in [0.1, 0.15) is 6.61 Å². The van der Waals surface area contributed by atoms with Gasteiger partial charge in [0.2, 0.25) is 0 Å². The molecule has 4 aromatic rings. The molecule has 3 N–H and O–H groups in total. The number of carbonyl (C=O) groups is 2. The van der Waals surface area contributed by atoms with Crippen LogP contribution in [-0.2, 0) is 32.9 Å². The number of carbonyl (C=O) groups excluding carboxylic acids is 1. The average Bonchev–Trinajstić information content (AvgIpc) is 3.20. The van der Waals surface area contributed by atoms with Crippen molar-refractivity contribution in [2.24, 2.45) is 5.73 Å². The number of hydrogen-bond acceptors (Lipinski definition) is 3. The van der Waals surface area contributed by atoms with Crippen LogP contribution in [0.1, 0.15) is 39.9 Å². The molecule has 1 aliphatic carbocycles. The highest BCUT2D eigenvalue weighted by molar-refractivity contribution is 5.99. The molecule has 1 aromatic heterocycles. The Bertz CT molecular complexity index is 1490. The van der Waals surface area contributed by atoms with E-state index in [0.717, 1.165) is 34.1 Å². The van der Waals surface area contributed by atoms with Gasteiger partial charge in [-0.25, -0.2) is 4.79 Å². The minimum absolute atomic E-state index is 0.181. The summed E-state index contributed by atoms with van der Waals surface area (Å²) in [6.45, 7) is 1.95. The Morgan fingerprint density at radius 2 is 1.72 bits per heavy atom. The lowest BCUT2D eigenvalue weighted by molar-refractivity contribution is -0.158. The first-order valence-electron chi connectivity index (χ1n) is 12.0. The molecule has 1 unspecified atom stereocenters. The van der Waals surface area contributed by atoms with Gasteiger partial charge in [-0.05, 0) is 47.7 Å². The van der Waals surface area contributed by atoms with Crippen LogP contribution in [0.25, 0.3) is 17.0 Å². The number of amides is 1. The van der Waals surface area contributed by atoms with E-state index in [0.29, 0.717) is 12.1 Å². The van der Waals surface area contributed by atoms with Gasteiger partial charge in [-0.15, -0.1) is 0 Å². The summed E-state index contributed by atoms with van der Waals surface area (Å²) in [6.07, 6.45) is 4.82. The normalized spacial score (nSPS) is 16.7. The second kappa shape index (κ2) is 9.47. The van der Waals surface area contributed by atoms with Gasteiger partial charge in [0.25, 0.3) is 5.91 Å². The Kier molecular flexibility index (Phi) is 6.20. The van der Waals surface area contributed by atoms with Crippen molar-refractivity contribution in [3.63, 3.8) is 0 Å². The minimum Gasteiger partial charge on any atom is -0.480 e. The molecule has 0 aliphatic heterocycles. The van der Waals surface area contributed by atoms with E-state index in [1.165, 1.54) is 11.1 Å². The predicted molar refractivity (Wildman–Crippen MR) is 140 cm³/mol. The zero-order chi connectivity index (χ0) is 25.3. The summed E-state index contributed by atoms with van der Waals surface area (Å²) in [5.74, 6) is -1.84. The fraction of sp³-hybridized carbons (Fsp3) is 0.200. The number of aryl methyl sites for hydroxylation is 1. The molecule has 1 aliphatic rings. The monoisotopic (exact) mass is 480 g/mol.